The minimum atomic E-state index is -5.09. The summed E-state index contributed by atoms with van der Waals surface area (Å²) in [4.78, 5) is 25.2. The van der Waals surface area contributed by atoms with Crippen molar-refractivity contribution in [3.63, 3.8) is 0 Å². The topological polar surface area (TPSA) is 54.4 Å². The van der Waals surface area contributed by atoms with Crippen molar-refractivity contribution >= 4 is 58.3 Å². The van der Waals surface area contributed by atoms with Gasteiger partial charge in [0, 0.05) is 31.0 Å². The van der Waals surface area contributed by atoms with E-state index in [9.17, 15) is 27.9 Å². The largest absolute Gasteiger partial charge is 0.421 e. The van der Waals surface area contributed by atoms with Crippen molar-refractivity contribution < 1.29 is 27.9 Å². The summed E-state index contributed by atoms with van der Waals surface area (Å²) in [6.07, 6.45) is -2.41. The van der Waals surface area contributed by atoms with Crippen molar-refractivity contribution in [2.75, 3.05) is 12.5 Å². The Bertz CT molecular complexity index is 1180. The third-order valence-electron chi connectivity index (χ3n) is 5.13. The molecule has 3 aromatic rings. The van der Waals surface area contributed by atoms with Crippen LogP contribution in [0.2, 0.25) is 10.0 Å². The molecule has 36 heavy (non-hydrogen) atoms. The minimum absolute atomic E-state index is 0.0676. The zero-order valence-electron chi connectivity index (χ0n) is 19.5. The van der Waals surface area contributed by atoms with Gasteiger partial charge in [0.15, 0.2) is 17.2 Å². The molecule has 1 unspecified atom stereocenters. The molecule has 0 saturated heterocycles. The molecular weight excluding hydrogens is 552 g/mol. The maximum atomic E-state index is 13.6. The number of aliphatic hydroxyl groups is 1. The highest BCUT2D eigenvalue weighted by Crippen LogP contribution is 2.43. The molecule has 0 saturated carbocycles. The number of Topliss-reactive ketones (excluding diaryl/α,β-unsaturated/α-hetero) is 2. The van der Waals surface area contributed by atoms with Crippen molar-refractivity contribution in [3.05, 3.63) is 93.5 Å². The number of rotatable bonds is 7. The number of ketones is 2. The van der Waals surface area contributed by atoms with E-state index in [2.05, 4.69) is 0 Å². The molecule has 0 aliphatic carbocycles. The quantitative estimate of drug-likeness (QED) is 0.227. The molecule has 0 amide bonds. The van der Waals surface area contributed by atoms with Crippen LogP contribution in [0.3, 0.4) is 0 Å². The van der Waals surface area contributed by atoms with E-state index in [4.69, 9.17) is 23.2 Å². The number of carbonyl (C=O) groups excluding carboxylic acids is 2. The highest BCUT2D eigenvalue weighted by Gasteiger charge is 2.56. The zero-order chi connectivity index (χ0) is 27.1. The number of hydrogen-bond acceptors (Lipinski definition) is 5. The van der Waals surface area contributed by atoms with Crippen LogP contribution in [0.4, 0.5) is 13.2 Å². The number of alkyl halides is 3. The summed E-state index contributed by atoms with van der Waals surface area (Å²) in [7, 11) is 0. The summed E-state index contributed by atoms with van der Waals surface area (Å²) in [6.45, 7) is 1.58. The van der Waals surface area contributed by atoms with E-state index in [1.807, 2.05) is 36.8 Å². The number of hydrogen-bond donors (Lipinski definition) is 1. The predicted octanol–water partition coefficient (Wildman–Crippen LogP) is 8.35. The van der Waals surface area contributed by atoms with Gasteiger partial charge < -0.3 is 5.11 Å². The van der Waals surface area contributed by atoms with E-state index in [1.165, 1.54) is 34.9 Å². The third-order valence-corrected chi connectivity index (χ3v) is 7.06. The maximum absolute atomic E-state index is 13.6. The van der Waals surface area contributed by atoms with Crippen LogP contribution >= 0.6 is 46.7 Å². The molecule has 0 spiro atoms. The van der Waals surface area contributed by atoms with Crippen molar-refractivity contribution in [2.24, 2.45) is 0 Å². The van der Waals surface area contributed by atoms with Gasteiger partial charge in [-0.1, -0.05) is 47.5 Å². The van der Waals surface area contributed by atoms with Crippen LogP contribution in [-0.2, 0) is 5.60 Å². The van der Waals surface area contributed by atoms with Gasteiger partial charge in [-0.25, -0.2) is 0 Å². The Hall–Kier alpha value is -1.97. The number of thioether (sulfide) groups is 2. The maximum Gasteiger partial charge on any atom is 0.421 e. The molecule has 0 fully saturated rings. The SMILES string of the molecule is CSc1ccc(C(=O)CC(O)(c2cc(Cl)cc(Cl)c2)C(F)(F)F)cc1.CSc1ccc(C(C)=O)cc1. The Labute approximate surface area is 226 Å². The lowest BCUT2D eigenvalue weighted by molar-refractivity contribution is -0.264. The van der Waals surface area contributed by atoms with Crippen LogP contribution in [0.1, 0.15) is 39.6 Å². The summed E-state index contributed by atoms with van der Waals surface area (Å²) >= 11 is 14.6. The van der Waals surface area contributed by atoms with Crippen LogP contribution in [0, 0.1) is 0 Å². The van der Waals surface area contributed by atoms with Crippen LogP contribution in [0.5, 0.6) is 0 Å². The number of halogens is 5. The number of carbonyl (C=O) groups is 2. The van der Waals surface area contributed by atoms with Gasteiger partial charge in [-0.15, -0.1) is 23.5 Å². The number of benzene rings is 3. The van der Waals surface area contributed by atoms with Gasteiger partial charge in [-0.3, -0.25) is 9.59 Å². The molecule has 0 aliphatic rings. The van der Waals surface area contributed by atoms with E-state index in [0.29, 0.717) is 0 Å². The monoisotopic (exact) mass is 574 g/mol. The lowest BCUT2D eigenvalue weighted by Crippen LogP contribution is -2.44. The smallest absolute Gasteiger partial charge is 0.376 e. The first-order valence-corrected chi connectivity index (χ1v) is 13.6. The van der Waals surface area contributed by atoms with Crippen LogP contribution in [0.15, 0.2) is 76.5 Å². The zero-order valence-corrected chi connectivity index (χ0v) is 22.7. The summed E-state index contributed by atoms with van der Waals surface area (Å²) in [5, 5.41) is 10.2. The Morgan fingerprint density at radius 1 is 0.806 bits per heavy atom. The van der Waals surface area contributed by atoms with Gasteiger partial charge in [0.2, 0.25) is 0 Å². The van der Waals surface area contributed by atoms with Gasteiger partial charge in [0.1, 0.15) is 0 Å². The highest BCUT2D eigenvalue weighted by atomic mass is 35.5. The molecule has 0 heterocycles. The van der Waals surface area contributed by atoms with Gasteiger partial charge in [0.25, 0.3) is 0 Å². The average molecular weight is 576 g/mol. The first-order valence-electron chi connectivity index (χ1n) is 10.4. The van der Waals surface area contributed by atoms with Crippen LogP contribution in [0.25, 0.3) is 0 Å². The van der Waals surface area contributed by atoms with Crippen LogP contribution in [-0.4, -0.2) is 35.4 Å². The second-order valence-corrected chi connectivity index (χ2v) is 10.3. The van der Waals surface area contributed by atoms with E-state index in [1.54, 1.807) is 30.8 Å². The predicted molar refractivity (Wildman–Crippen MR) is 142 cm³/mol. The van der Waals surface area contributed by atoms with Crippen molar-refractivity contribution in [1.82, 2.24) is 0 Å². The summed E-state index contributed by atoms with van der Waals surface area (Å²) in [5.41, 5.74) is -3.11. The van der Waals surface area contributed by atoms with Crippen LogP contribution < -0.4 is 0 Å². The molecule has 192 valence electrons. The third kappa shape index (κ3) is 8.02. The second-order valence-electron chi connectivity index (χ2n) is 7.63. The molecule has 10 heteroatoms. The molecule has 1 N–H and O–H groups in total. The fraction of sp³-hybridized carbons (Fsp3) is 0.231. The summed E-state index contributed by atoms with van der Waals surface area (Å²) in [5.74, 6) is -0.721. The molecule has 0 radical (unpaired) electrons. The standard InChI is InChI=1S/C17H13Cl2F3O2S.C9H10OS/c1-25-14-4-2-10(3-5-14)15(23)9-16(24,17(20,21)22)11-6-12(18)8-13(19)7-11;1-7(10)8-3-5-9(11-2)6-4-8/h2-8,24H,9H2,1H3;3-6H,1-2H3. The lowest BCUT2D eigenvalue weighted by atomic mass is 9.86. The van der Waals surface area contributed by atoms with E-state index in [0.717, 1.165) is 22.6 Å². The average Bonchev–Trinajstić information content (AvgIpc) is 2.83. The second kappa shape index (κ2) is 13.0. The fourth-order valence-corrected chi connectivity index (χ4v) is 4.44. The lowest BCUT2D eigenvalue weighted by Gasteiger charge is -2.30. The molecule has 3 nitrogen and oxygen atoms in total. The van der Waals surface area contributed by atoms with E-state index < -0.39 is 29.5 Å². The Morgan fingerprint density at radius 2 is 1.22 bits per heavy atom. The first-order chi connectivity index (χ1) is 16.8. The molecule has 0 aromatic heterocycles. The fourth-order valence-electron chi connectivity index (χ4n) is 3.10. The highest BCUT2D eigenvalue weighted by molar-refractivity contribution is 7.98. The van der Waals surface area contributed by atoms with E-state index >= 15 is 0 Å². The molecular formula is C26H23Cl2F3O3S2. The Balaban J connectivity index is 0.000000346. The minimum Gasteiger partial charge on any atom is -0.376 e. The van der Waals surface area contributed by atoms with E-state index in [-0.39, 0.29) is 21.4 Å². The van der Waals surface area contributed by atoms with Gasteiger partial charge in [-0.2, -0.15) is 13.2 Å². The molecule has 0 aliphatic heterocycles. The normalized spacial score (nSPS) is 12.8. The van der Waals surface area contributed by atoms with Gasteiger partial charge in [0.05, 0.1) is 6.42 Å². The summed E-state index contributed by atoms with van der Waals surface area (Å²) < 4.78 is 40.7. The van der Waals surface area contributed by atoms with Crippen molar-refractivity contribution in [2.45, 2.75) is 34.9 Å². The molecule has 3 rings (SSSR count). The van der Waals surface area contributed by atoms with Crippen molar-refractivity contribution in [1.29, 1.82) is 0 Å². The first kappa shape index (κ1) is 30.3. The Kier molecular flexibility index (Phi) is 10.9. The molecule has 0 bridgehead atoms. The molecule has 3 aromatic carbocycles. The summed E-state index contributed by atoms with van der Waals surface area (Å²) in [6, 6.07) is 16.9. The molecule has 1 atom stereocenters. The van der Waals surface area contributed by atoms with Gasteiger partial charge >= 0.3 is 6.18 Å². The van der Waals surface area contributed by atoms with Crippen molar-refractivity contribution in [3.8, 4) is 0 Å². The Morgan fingerprint density at radius 3 is 1.58 bits per heavy atom. The van der Waals surface area contributed by atoms with Gasteiger partial charge in [-0.05, 0) is 67.5 Å².